The number of hydrogen-bond donors (Lipinski definition) is 1. The highest BCUT2D eigenvalue weighted by atomic mass is 32.1. The fourth-order valence-corrected chi connectivity index (χ4v) is 3.47. The van der Waals surface area contributed by atoms with Gasteiger partial charge in [-0.05, 0) is 17.9 Å². The highest BCUT2D eigenvalue weighted by Gasteiger charge is 2.16. The Morgan fingerprint density at radius 2 is 1.95 bits per heavy atom. The van der Waals surface area contributed by atoms with Crippen LogP contribution in [-0.4, -0.2) is 9.38 Å². The SMILES string of the molecule is CCc1ccc(-c2nc3scc(C(C)C)n3c2N)cc1. The Labute approximate surface area is 123 Å². The van der Waals surface area contributed by atoms with Gasteiger partial charge in [-0.2, -0.15) is 0 Å². The number of thiazole rings is 1. The van der Waals surface area contributed by atoms with E-state index in [0.717, 1.165) is 28.5 Å². The zero-order valence-corrected chi connectivity index (χ0v) is 12.9. The Morgan fingerprint density at radius 1 is 1.25 bits per heavy atom. The normalized spacial score (nSPS) is 11.6. The summed E-state index contributed by atoms with van der Waals surface area (Å²) in [6.45, 7) is 6.51. The molecule has 3 rings (SSSR count). The van der Waals surface area contributed by atoms with Crippen molar-refractivity contribution in [3.63, 3.8) is 0 Å². The Kier molecular flexibility index (Phi) is 3.26. The van der Waals surface area contributed by atoms with Crippen LogP contribution in [0.3, 0.4) is 0 Å². The van der Waals surface area contributed by atoms with Gasteiger partial charge in [0.1, 0.15) is 11.5 Å². The van der Waals surface area contributed by atoms with E-state index in [0.29, 0.717) is 5.92 Å². The molecule has 2 aromatic heterocycles. The minimum Gasteiger partial charge on any atom is -0.383 e. The maximum Gasteiger partial charge on any atom is 0.196 e. The van der Waals surface area contributed by atoms with Crippen LogP contribution in [0.15, 0.2) is 29.6 Å². The third kappa shape index (κ3) is 2.00. The first-order chi connectivity index (χ1) is 9.61. The number of aryl methyl sites for hydroxylation is 1. The Balaban J connectivity index is 2.14. The molecule has 0 unspecified atom stereocenters. The highest BCUT2D eigenvalue weighted by Crippen LogP contribution is 2.32. The quantitative estimate of drug-likeness (QED) is 0.778. The lowest BCUT2D eigenvalue weighted by Gasteiger charge is -2.05. The maximum absolute atomic E-state index is 6.33. The molecule has 20 heavy (non-hydrogen) atoms. The predicted octanol–water partition coefficient (Wildman–Crippen LogP) is 4.33. The zero-order chi connectivity index (χ0) is 14.3. The number of nitrogen functional groups attached to an aromatic ring is 1. The molecule has 2 heterocycles. The van der Waals surface area contributed by atoms with Crippen LogP contribution in [0.5, 0.6) is 0 Å². The van der Waals surface area contributed by atoms with Crippen molar-refractivity contribution in [2.24, 2.45) is 0 Å². The van der Waals surface area contributed by atoms with E-state index in [9.17, 15) is 0 Å². The van der Waals surface area contributed by atoms with E-state index in [4.69, 9.17) is 10.7 Å². The monoisotopic (exact) mass is 285 g/mol. The van der Waals surface area contributed by atoms with Gasteiger partial charge in [-0.25, -0.2) is 4.98 Å². The van der Waals surface area contributed by atoms with Crippen LogP contribution < -0.4 is 5.73 Å². The van der Waals surface area contributed by atoms with E-state index in [1.54, 1.807) is 11.3 Å². The second-order valence-corrected chi connectivity index (χ2v) is 6.17. The van der Waals surface area contributed by atoms with E-state index in [1.807, 2.05) is 0 Å². The molecule has 0 saturated heterocycles. The number of benzene rings is 1. The van der Waals surface area contributed by atoms with Gasteiger partial charge in [0.05, 0.1) is 0 Å². The molecular weight excluding hydrogens is 266 g/mol. The Hall–Kier alpha value is -1.81. The molecule has 0 amide bonds. The van der Waals surface area contributed by atoms with Crippen LogP contribution in [0.4, 0.5) is 5.82 Å². The zero-order valence-electron chi connectivity index (χ0n) is 12.1. The standard InChI is InChI=1S/C16H19N3S/c1-4-11-5-7-12(8-6-11)14-15(17)19-13(10(2)3)9-20-16(19)18-14/h5-10H,4,17H2,1-3H3. The summed E-state index contributed by atoms with van der Waals surface area (Å²) in [5, 5.41) is 2.15. The molecule has 0 atom stereocenters. The van der Waals surface area contributed by atoms with Crippen molar-refractivity contribution in [2.75, 3.05) is 5.73 Å². The summed E-state index contributed by atoms with van der Waals surface area (Å²) >= 11 is 1.65. The van der Waals surface area contributed by atoms with Crippen molar-refractivity contribution < 1.29 is 0 Å². The molecule has 3 aromatic rings. The molecule has 0 saturated carbocycles. The van der Waals surface area contributed by atoms with Crippen LogP contribution in [0.1, 0.15) is 37.9 Å². The van der Waals surface area contributed by atoms with E-state index in [1.165, 1.54) is 11.3 Å². The smallest absolute Gasteiger partial charge is 0.196 e. The van der Waals surface area contributed by atoms with Crippen molar-refractivity contribution >= 4 is 22.1 Å². The lowest BCUT2D eigenvalue weighted by molar-refractivity contribution is 0.814. The van der Waals surface area contributed by atoms with Crippen molar-refractivity contribution in [3.8, 4) is 11.3 Å². The first-order valence-corrected chi connectivity index (χ1v) is 7.84. The molecule has 0 aliphatic carbocycles. The molecule has 0 fully saturated rings. The highest BCUT2D eigenvalue weighted by molar-refractivity contribution is 7.15. The third-order valence-corrected chi connectivity index (χ3v) is 4.50. The van der Waals surface area contributed by atoms with Crippen LogP contribution in [0.2, 0.25) is 0 Å². The fourth-order valence-electron chi connectivity index (χ4n) is 2.41. The number of rotatable bonds is 3. The Bertz CT molecular complexity index is 735. The van der Waals surface area contributed by atoms with Gasteiger partial charge in [-0.1, -0.05) is 45.0 Å². The minimum atomic E-state index is 0.440. The summed E-state index contributed by atoms with van der Waals surface area (Å²) in [6, 6.07) is 8.50. The fraction of sp³-hybridized carbons (Fsp3) is 0.312. The van der Waals surface area contributed by atoms with Crippen LogP contribution in [-0.2, 0) is 6.42 Å². The molecule has 104 valence electrons. The summed E-state index contributed by atoms with van der Waals surface area (Å²) in [5.74, 6) is 1.18. The average molecular weight is 285 g/mol. The van der Waals surface area contributed by atoms with Gasteiger partial charge in [0, 0.05) is 16.6 Å². The summed E-state index contributed by atoms with van der Waals surface area (Å²) < 4.78 is 2.08. The van der Waals surface area contributed by atoms with Crippen molar-refractivity contribution in [2.45, 2.75) is 33.1 Å². The van der Waals surface area contributed by atoms with Crippen molar-refractivity contribution in [1.29, 1.82) is 0 Å². The van der Waals surface area contributed by atoms with E-state index in [-0.39, 0.29) is 0 Å². The largest absolute Gasteiger partial charge is 0.383 e. The number of aromatic nitrogens is 2. The molecule has 4 heteroatoms. The van der Waals surface area contributed by atoms with Gasteiger partial charge >= 0.3 is 0 Å². The molecule has 0 spiro atoms. The second kappa shape index (κ2) is 4.94. The van der Waals surface area contributed by atoms with Gasteiger partial charge in [0.25, 0.3) is 0 Å². The van der Waals surface area contributed by atoms with Crippen LogP contribution in [0.25, 0.3) is 16.2 Å². The average Bonchev–Trinajstić information content (AvgIpc) is 3.00. The maximum atomic E-state index is 6.33. The number of nitrogens with two attached hydrogens (primary N) is 1. The van der Waals surface area contributed by atoms with Gasteiger partial charge < -0.3 is 5.73 Å². The van der Waals surface area contributed by atoms with E-state index >= 15 is 0 Å². The van der Waals surface area contributed by atoms with Gasteiger partial charge in [-0.3, -0.25) is 4.40 Å². The minimum absolute atomic E-state index is 0.440. The van der Waals surface area contributed by atoms with Gasteiger partial charge in [-0.15, -0.1) is 11.3 Å². The Morgan fingerprint density at radius 3 is 2.55 bits per heavy atom. The summed E-state index contributed by atoms with van der Waals surface area (Å²) in [5.41, 5.74) is 10.9. The first-order valence-electron chi connectivity index (χ1n) is 6.96. The molecular formula is C16H19N3S. The van der Waals surface area contributed by atoms with Crippen LogP contribution in [0, 0.1) is 0 Å². The topological polar surface area (TPSA) is 43.3 Å². The predicted molar refractivity (Wildman–Crippen MR) is 86.4 cm³/mol. The number of fused-ring (bicyclic) bond motifs is 1. The molecule has 0 aliphatic heterocycles. The molecule has 0 radical (unpaired) electrons. The second-order valence-electron chi connectivity index (χ2n) is 5.33. The molecule has 0 aliphatic rings. The number of imidazole rings is 1. The number of nitrogens with zero attached hydrogens (tertiary/aromatic N) is 2. The molecule has 0 bridgehead atoms. The van der Waals surface area contributed by atoms with Gasteiger partial charge in [0.15, 0.2) is 4.96 Å². The lowest BCUT2D eigenvalue weighted by atomic mass is 10.1. The number of hydrogen-bond acceptors (Lipinski definition) is 3. The van der Waals surface area contributed by atoms with Crippen molar-refractivity contribution in [3.05, 3.63) is 40.9 Å². The third-order valence-electron chi connectivity index (χ3n) is 3.65. The van der Waals surface area contributed by atoms with E-state index < -0.39 is 0 Å². The van der Waals surface area contributed by atoms with E-state index in [2.05, 4.69) is 54.8 Å². The first kappa shape index (κ1) is 13.2. The molecule has 3 nitrogen and oxygen atoms in total. The van der Waals surface area contributed by atoms with Crippen LogP contribution >= 0.6 is 11.3 Å². The molecule has 2 N–H and O–H groups in total. The van der Waals surface area contributed by atoms with Crippen molar-refractivity contribution in [1.82, 2.24) is 9.38 Å². The summed E-state index contributed by atoms with van der Waals surface area (Å²) in [4.78, 5) is 5.67. The summed E-state index contributed by atoms with van der Waals surface area (Å²) in [6.07, 6.45) is 1.05. The van der Waals surface area contributed by atoms with Gasteiger partial charge in [0.2, 0.25) is 0 Å². The lowest BCUT2D eigenvalue weighted by Crippen LogP contribution is -1.99. The summed E-state index contributed by atoms with van der Waals surface area (Å²) in [7, 11) is 0. The molecule has 1 aromatic carbocycles. The number of anilines is 1.